The van der Waals surface area contributed by atoms with Crippen molar-refractivity contribution < 1.29 is 23.4 Å². The minimum atomic E-state index is -4.46. The van der Waals surface area contributed by atoms with Gasteiger partial charge >= 0.3 is 6.18 Å². The van der Waals surface area contributed by atoms with E-state index in [-0.39, 0.29) is 19.5 Å². The van der Waals surface area contributed by atoms with E-state index in [1.807, 2.05) is 0 Å². The molecule has 4 nitrogen and oxygen atoms in total. The molecule has 1 fully saturated rings. The zero-order valence-electron chi connectivity index (χ0n) is 9.43. The minimum absolute atomic E-state index is 0.282. The summed E-state index contributed by atoms with van der Waals surface area (Å²) < 4.78 is 37.0. The number of alkyl halides is 3. The van der Waals surface area contributed by atoms with Gasteiger partial charge in [0.2, 0.25) is 0 Å². The molecule has 2 atom stereocenters. The maximum absolute atomic E-state index is 12.3. The largest absolute Gasteiger partial charge is 0.433 e. The molecule has 0 aromatic carbocycles. The van der Waals surface area contributed by atoms with E-state index in [1.54, 1.807) is 4.90 Å². The Morgan fingerprint density at radius 1 is 1.17 bits per heavy atom. The van der Waals surface area contributed by atoms with Crippen molar-refractivity contribution in [2.75, 3.05) is 18.0 Å². The summed E-state index contributed by atoms with van der Waals surface area (Å²) in [6.07, 6.45) is -4.44. The van der Waals surface area contributed by atoms with E-state index in [0.717, 1.165) is 12.3 Å². The molecule has 0 aliphatic carbocycles. The van der Waals surface area contributed by atoms with Crippen LogP contribution in [-0.2, 0) is 6.18 Å². The predicted molar refractivity (Wildman–Crippen MR) is 58.1 cm³/mol. The van der Waals surface area contributed by atoms with Gasteiger partial charge in [-0.25, -0.2) is 4.98 Å². The third-order valence-electron chi connectivity index (χ3n) is 2.81. The normalized spacial score (nSPS) is 25.3. The third-order valence-corrected chi connectivity index (χ3v) is 2.81. The second kappa shape index (κ2) is 4.74. The number of anilines is 1. The first-order chi connectivity index (χ1) is 8.36. The van der Waals surface area contributed by atoms with Crippen molar-refractivity contribution in [3.8, 4) is 0 Å². The van der Waals surface area contributed by atoms with Crippen LogP contribution in [0.15, 0.2) is 18.3 Å². The molecule has 1 aromatic rings. The molecule has 1 aromatic heterocycles. The average molecular weight is 262 g/mol. The van der Waals surface area contributed by atoms with Crippen molar-refractivity contribution in [2.24, 2.45) is 0 Å². The van der Waals surface area contributed by atoms with Gasteiger partial charge in [-0.15, -0.1) is 0 Å². The number of piperidine rings is 1. The van der Waals surface area contributed by atoms with Crippen molar-refractivity contribution in [3.63, 3.8) is 0 Å². The van der Waals surface area contributed by atoms with Gasteiger partial charge in [0.1, 0.15) is 5.69 Å². The summed E-state index contributed by atoms with van der Waals surface area (Å²) in [5.41, 5.74) is -0.495. The van der Waals surface area contributed by atoms with Crippen molar-refractivity contribution >= 4 is 5.69 Å². The van der Waals surface area contributed by atoms with E-state index in [4.69, 9.17) is 0 Å². The Labute approximate surface area is 102 Å². The maximum atomic E-state index is 12.3. The lowest BCUT2D eigenvalue weighted by Crippen LogP contribution is -2.45. The first-order valence-electron chi connectivity index (χ1n) is 5.50. The first-order valence-corrected chi connectivity index (χ1v) is 5.50. The Morgan fingerprint density at radius 2 is 1.78 bits per heavy atom. The molecule has 1 aliphatic rings. The number of hydrogen-bond acceptors (Lipinski definition) is 4. The Balaban J connectivity index is 2.14. The summed E-state index contributed by atoms with van der Waals surface area (Å²) >= 11 is 0. The van der Waals surface area contributed by atoms with Crippen LogP contribution in [0.5, 0.6) is 0 Å². The fourth-order valence-electron chi connectivity index (χ4n) is 2.00. The van der Waals surface area contributed by atoms with Gasteiger partial charge in [0.15, 0.2) is 0 Å². The highest BCUT2D eigenvalue weighted by Gasteiger charge is 2.32. The number of rotatable bonds is 1. The van der Waals surface area contributed by atoms with Gasteiger partial charge in [0.25, 0.3) is 0 Å². The van der Waals surface area contributed by atoms with Crippen LogP contribution in [0.2, 0.25) is 0 Å². The number of pyridine rings is 1. The molecule has 0 unspecified atom stereocenters. The fraction of sp³-hybridized carbons (Fsp3) is 0.545. The van der Waals surface area contributed by atoms with Crippen LogP contribution in [0.25, 0.3) is 0 Å². The van der Waals surface area contributed by atoms with Crippen LogP contribution in [-0.4, -0.2) is 40.5 Å². The van der Waals surface area contributed by atoms with Gasteiger partial charge in [-0.2, -0.15) is 13.2 Å². The van der Waals surface area contributed by atoms with Gasteiger partial charge in [-0.3, -0.25) is 0 Å². The van der Waals surface area contributed by atoms with E-state index < -0.39 is 24.1 Å². The van der Waals surface area contributed by atoms with E-state index in [0.29, 0.717) is 5.69 Å². The number of hydrogen-bond donors (Lipinski definition) is 2. The van der Waals surface area contributed by atoms with Crippen LogP contribution in [0.4, 0.5) is 18.9 Å². The summed E-state index contributed by atoms with van der Waals surface area (Å²) in [6, 6.07) is 2.18. The van der Waals surface area contributed by atoms with Crippen molar-refractivity contribution in [3.05, 3.63) is 24.0 Å². The zero-order valence-corrected chi connectivity index (χ0v) is 9.43. The molecule has 0 spiro atoms. The Bertz CT molecular complexity index is 398. The highest BCUT2D eigenvalue weighted by molar-refractivity contribution is 5.45. The quantitative estimate of drug-likeness (QED) is 0.793. The molecular formula is C11H13F3N2O2. The van der Waals surface area contributed by atoms with E-state index in [9.17, 15) is 23.4 Å². The minimum Gasteiger partial charge on any atom is -0.391 e. The molecule has 2 heterocycles. The fourth-order valence-corrected chi connectivity index (χ4v) is 2.00. The maximum Gasteiger partial charge on any atom is 0.433 e. The standard InChI is InChI=1S/C11H13F3N2O2/c12-11(13,14)10-2-1-7(4-15-10)16-5-8(17)3-9(18)6-16/h1-2,4,8-9,17-18H,3,5-6H2/t8-,9+. The molecule has 1 aliphatic heterocycles. The molecule has 0 bridgehead atoms. The average Bonchev–Trinajstić information content (AvgIpc) is 2.27. The topological polar surface area (TPSA) is 56.6 Å². The van der Waals surface area contributed by atoms with Crippen LogP contribution < -0.4 is 4.90 Å². The second-order valence-electron chi connectivity index (χ2n) is 4.35. The lowest BCUT2D eigenvalue weighted by atomic mass is 10.1. The number of aromatic nitrogens is 1. The summed E-state index contributed by atoms with van der Waals surface area (Å²) in [5.74, 6) is 0. The van der Waals surface area contributed by atoms with Gasteiger partial charge in [-0.1, -0.05) is 0 Å². The molecular weight excluding hydrogens is 249 g/mol. The molecule has 100 valence electrons. The molecule has 0 radical (unpaired) electrons. The smallest absolute Gasteiger partial charge is 0.391 e. The Hall–Kier alpha value is -1.34. The number of nitrogens with zero attached hydrogens (tertiary/aromatic N) is 2. The Morgan fingerprint density at radius 3 is 2.22 bits per heavy atom. The van der Waals surface area contributed by atoms with Crippen LogP contribution >= 0.6 is 0 Å². The molecule has 0 saturated carbocycles. The molecule has 1 saturated heterocycles. The van der Waals surface area contributed by atoms with Gasteiger partial charge in [-0.05, 0) is 12.1 Å². The zero-order chi connectivity index (χ0) is 13.3. The van der Waals surface area contributed by atoms with Crippen LogP contribution in [0, 0.1) is 0 Å². The number of β-amino-alcohol motifs (C(OH)–C–C–N with tert-alkyl or cyclic N) is 2. The lowest BCUT2D eigenvalue weighted by Gasteiger charge is -2.34. The van der Waals surface area contributed by atoms with E-state index in [1.165, 1.54) is 6.07 Å². The predicted octanol–water partition coefficient (Wildman–Crippen LogP) is 1.03. The van der Waals surface area contributed by atoms with Crippen molar-refractivity contribution in [1.29, 1.82) is 0 Å². The molecule has 7 heteroatoms. The van der Waals surface area contributed by atoms with Gasteiger partial charge in [0.05, 0.1) is 24.1 Å². The molecule has 2 N–H and O–H groups in total. The number of aliphatic hydroxyl groups excluding tert-OH is 2. The number of aliphatic hydroxyl groups is 2. The third kappa shape index (κ3) is 2.91. The van der Waals surface area contributed by atoms with Gasteiger partial charge in [0, 0.05) is 19.5 Å². The van der Waals surface area contributed by atoms with E-state index >= 15 is 0 Å². The lowest BCUT2D eigenvalue weighted by molar-refractivity contribution is -0.141. The van der Waals surface area contributed by atoms with Crippen LogP contribution in [0.1, 0.15) is 12.1 Å². The SMILES string of the molecule is O[C@@H]1C[C@H](O)CN(c2ccc(C(F)(F)F)nc2)C1. The Kier molecular flexibility index (Phi) is 3.45. The van der Waals surface area contributed by atoms with Gasteiger partial charge < -0.3 is 15.1 Å². The molecule has 2 rings (SSSR count). The summed E-state index contributed by atoms with van der Waals surface area (Å²) in [4.78, 5) is 4.96. The van der Waals surface area contributed by atoms with E-state index in [2.05, 4.69) is 4.98 Å². The second-order valence-corrected chi connectivity index (χ2v) is 4.35. The van der Waals surface area contributed by atoms with Crippen LogP contribution in [0.3, 0.4) is 0 Å². The summed E-state index contributed by atoms with van der Waals surface area (Å²) in [6.45, 7) is 0.564. The monoisotopic (exact) mass is 262 g/mol. The molecule has 0 amide bonds. The summed E-state index contributed by atoms with van der Waals surface area (Å²) in [7, 11) is 0. The number of halogens is 3. The van der Waals surface area contributed by atoms with Crippen molar-refractivity contribution in [1.82, 2.24) is 4.98 Å². The first kappa shape index (κ1) is 13.1. The highest BCUT2D eigenvalue weighted by Crippen LogP contribution is 2.29. The highest BCUT2D eigenvalue weighted by atomic mass is 19.4. The van der Waals surface area contributed by atoms with Crippen molar-refractivity contribution in [2.45, 2.75) is 24.8 Å². The molecule has 18 heavy (non-hydrogen) atoms. The summed E-state index contributed by atoms with van der Waals surface area (Å²) in [5, 5.41) is 19.0.